The number of esters is 1. The molecule has 2 aromatic carbocycles. The van der Waals surface area contributed by atoms with Crippen molar-refractivity contribution in [2.24, 2.45) is 5.73 Å². The lowest BCUT2D eigenvalue weighted by atomic mass is 9.91. The van der Waals surface area contributed by atoms with Crippen LogP contribution in [0.3, 0.4) is 0 Å². The highest BCUT2D eigenvalue weighted by atomic mass is 16.7. The monoisotopic (exact) mass is 411 g/mol. The van der Waals surface area contributed by atoms with Crippen molar-refractivity contribution in [1.82, 2.24) is 0 Å². The van der Waals surface area contributed by atoms with Crippen LogP contribution in [0.4, 0.5) is 0 Å². The zero-order valence-corrected chi connectivity index (χ0v) is 18.2. The Morgan fingerprint density at radius 3 is 2.23 bits per heavy atom. The molecule has 0 amide bonds. The Kier molecular flexibility index (Phi) is 5.12. The molecule has 160 valence electrons. The van der Waals surface area contributed by atoms with Crippen LogP contribution in [0.2, 0.25) is 0 Å². The van der Waals surface area contributed by atoms with E-state index < -0.39 is 23.4 Å². The summed E-state index contributed by atoms with van der Waals surface area (Å²) >= 11 is 0. The van der Waals surface area contributed by atoms with Crippen LogP contribution in [0.25, 0.3) is 0 Å². The predicted molar refractivity (Wildman–Crippen MR) is 112 cm³/mol. The summed E-state index contributed by atoms with van der Waals surface area (Å²) in [5.74, 6) is -0.117. The molecule has 1 fully saturated rings. The van der Waals surface area contributed by atoms with E-state index in [1.54, 1.807) is 0 Å². The molecular formula is C24H29NO5. The number of ether oxygens (including phenoxy) is 4. The molecule has 0 radical (unpaired) electrons. The SMILES string of the molecule is Cc1ccc2c(c1)C1(OCC(CC(N)C(=O)OC(C)(C)C)O1)c1cc(C)ccc1O2. The zero-order valence-electron chi connectivity index (χ0n) is 18.2. The molecule has 1 spiro atoms. The third kappa shape index (κ3) is 3.83. The largest absolute Gasteiger partial charge is 0.459 e. The number of fused-ring (bicyclic) bond motifs is 4. The fourth-order valence-corrected chi connectivity index (χ4v) is 3.91. The van der Waals surface area contributed by atoms with Gasteiger partial charge in [-0.2, -0.15) is 0 Å². The molecule has 2 aliphatic rings. The van der Waals surface area contributed by atoms with Gasteiger partial charge < -0.3 is 24.7 Å². The van der Waals surface area contributed by atoms with E-state index in [4.69, 9.17) is 24.7 Å². The summed E-state index contributed by atoms with van der Waals surface area (Å²) in [6.07, 6.45) is -0.0489. The number of nitrogens with two attached hydrogens (primary N) is 1. The van der Waals surface area contributed by atoms with Gasteiger partial charge in [0.1, 0.15) is 23.1 Å². The summed E-state index contributed by atoms with van der Waals surface area (Å²) in [4.78, 5) is 12.3. The van der Waals surface area contributed by atoms with Gasteiger partial charge in [0.05, 0.1) is 23.8 Å². The normalized spacial score (nSPS) is 20.3. The predicted octanol–water partition coefficient (Wildman–Crippen LogP) is 4.08. The fraction of sp³-hybridized carbons (Fsp3) is 0.458. The van der Waals surface area contributed by atoms with Crippen LogP contribution >= 0.6 is 0 Å². The zero-order chi connectivity index (χ0) is 21.7. The second kappa shape index (κ2) is 7.38. The van der Waals surface area contributed by atoms with Gasteiger partial charge >= 0.3 is 5.97 Å². The minimum atomic E-state index is -1.08. The molecule has 2 N–H and O–H groups in total. The molecular weight excluding hydrogens is 382 g/mol. The average Bonchev–Trinajstić information content (AvgIpc) is 3.06. The van der Waals surface area contributed by atoms with Gasteiger partial charge in [-0.3, -0.25) is 4.79 Å². The summed E-state index contributed by atoms with van der Waals surface area (Å²) < 4.78 is 24.4. The van der Waals surface area contributed by atoms with Gasteiger partial charge in [-0.25, -0.2) is 0 Å². The maximum Gasteiger partial charge on any atom is 0.323 e. The van der Waals surface area contributed by atoms with Gasteiger partial charge in [-0.15, -0.1) is 0 Å². The number of carbonyl (C=O) groups excluding carboxylic acids is 1. The third-order valence-corrected chi connectivity index (χ3v) is 5.23. The number of benzene rings is 2. The summed E-state index contributed by atoms with van der Waals surface area (Å²) in [7, 11) is 0. The number of carbonyl (C=O) groups is 1. The van der Waals surface area contributed by atoms with Crippen LogP contribution in [-0.4, -0.2) is 30.3 Å². The summed E-state index contributed by atoms with van der Waals surface area (Å²) in [5.41, 5.74) is 9.35. The lowest BCUT2D eigenvalue weighted by molar-refractivity contribution is -0.161. The molecule has 0 aliphatic carbocycles. The Bertz CT molecular complexity index is 927. The van der Waals surface area contributed by atoms with Crippen molar-refractivity contribution in [2.45, 2.75) is 64.6 Å². The van der Waals surface area contributed by atoms with E-state index in [-0.39, 0.29) is 6.10 Å². The number of hydrogen-bond acceptors (Lipinski definition) is 6. The fourth-order valence-electron chi connectivity index (χ4n) is 3.91. The van der Waals surface area contributed by atoms with Crippen molar-refractivity contribution in [3.63, 3.8) is 0 Å². The quantitative estimate of drug-likeness (QED) is 0.767. The van der Waals surface area contributed by atoms with E-state index in [0.29, 0.717) is 24.5 Å². The van der Waals surface area contributed by atoms with E-state index in [2.05, 4.69) is 0 Å². The maximum absolute atomic E-state index is 12.3. The van der Waals surface area contributed by atoms with Gasteiger partial charge in [0.25, 0.3) is 0 Å². The second-order valence-electron chi connectivity index (χ2n) is 9.14. The summed E-state index contributed by atoms with van der Waals surface area (Å²) in [6.45, 7) is 9.82. The van der Waals surface area contributed by atoms with Crippen molar-refractivity contribution < 1.29 is 23.7 Å². The first kappa shape index (κ1) is 20.8. The van der Waals surface area contributed by atoms with Crippen molar-refractivity contribution in [3.8, 4) is 11.5 Å². The van der Waals surface area contributed by atoms with Crippen LogP contribution in [0.5, 0.6) is 11.5 Å². The van der Waals surface area contributed by atoms with E-state index in [1.165, 1.54) is 0 Å². The summed E-state index contributed by atoms with van der Waals surface area (Å²) in [6, 6.07) is 11.1. The number of hydrogen-bond donors (Lipinski definition) is 1. The van der Waals surface area contributed by atoms with Crippen LogP contribution in [0.15, 0.2) is 36.4 Å². The first-order valence-corrected chi connectivity index (χ1v) is 10.3. The van der Waals surface area contributed by atoms with Gasteiger partial charge in [-0.1, -0.05) is 23.3 Å². The Morgan fingerprint density at radius 2 is 1.70 bits per heavy atom. The second-order valence-corrected chi connectivity index (χ2v) is 9.14. The highest BCUT2D eigenvalue weighted by Crippen LogP contribution is 2.53. The molecule has 2 heterocycles. The molecule has 0 aromatic heterocycles. The minimum Gasteiger partial charge on any atom is -0.459 e. The lowest BCUT2D eigenvalue weighted by Crippen LogP contribution is -2.40. The first-order valence-electron chi connectivity index (χ1n) is 10.3. The Hall–Kier alpha value is -2.41. The molecule has 2 aromatic rings. The lowest BCUT2D eigenvalue weighted by Gasteiger charge is -2.36. The van der Waals surface area contributed by atoms with Gasteiger partial charge in [0.15, 0.2) is 0 Å². The van der Waals surface area contributed by atoms with E-state index >= 15 is 0 Å². The third-order valence-electron chi connectivity index (χ3n) is 5.23. The molecule has 2 aliphatic heterocycles. The van der Waals surface area contributed by atoms with E-state index in [1.807, 2.05) is 71.0 Å². The van der Waals surface area contributed by atoms with Gasteiger partial charge in [0, 0.05) is 6.42 Å². The molecule has 4 rings (SSSR count). The topological polar surface area (TPSA) is 80.0 Å². The van der Waals surface area contributed by atoms with Crippen molar-refractivity contribution >= 4 is 5.97 Å². The van der Waals surface area contributed by atoms with Crippen molar-refractivity contribution in [1.29, 1.82) is 0 Å². The molecule has 2 atom stereocenters. The summed E-state index contributed by atoms with van der Waals surface area (Å²) in [5, 5.41) is 0. The minimum absolute atomic E-state index is 0.305. The molecule has 6 nitrogen and oxygen atoms in total. The Morgan fingerprint density at radius 1 is 1.13 bits per heavy atom. The smallest absolute Gasteiger partial charge is 0.323 e. The Balaban J connectivity index is 1.64. The maximum atomic E-state index is 12.3. The molecule has 0 saturated carbocycles. The van der Waals surface area contributed by atoms with Crippen LogP contribution in [0.1, 0.15) is 49.4 Å². The highest BCUT2D eigenvalue weighted by molar-refractivity contribution is 5.76. The number of aryl methyl sites for hydroxylation is 2. The van der Waals surface area contributed by atoms with Crippen LogP contribution in [0, 0.1) is 13.8 Å². The molecule has 30 heavy (non-hydrogen) atoms. The first-order chi connectivity index (χ1) is 14.1. The molecule has 6 heteroatoms. The van der Waals surface area contributed by atoms with Crippen molar-refractivity contribution in [3.05, 3.63) is 58.7 Å². The van der Waals surface area contributed by atoms with E-state index in [0.717, 1.165) is 22.3 Å². The van der Waals surface area contributed by atoms with Crippen LogP contribution in [-0.2, 0) is 24.8 Å². The molecule has 1 saturated heterocycles. The van der Waals surface area contributed by atoms with E-state index in [9.17, 15) is 4.79 Å². The Labute approximate surface area is 177 Å². The van der Waals surface area contributed by atoms with Crippen LogP contribution < -0.4 is 10.5 Å². The standard InChI is InChI=1S/C24H29NO5/c1-14-6-8-20-17(10-14)24(18-11-15(2)7-9-21(18)28-20)27-13-16(29-24)12-19(25)22(26)30-23(3,4)5/h6-11,16,19H,12-13,25H2,1-5H3. The van der Waals surface area contributed by atoms with Gasteiger partial charge in [0.2, 0.25) is 5.79 Å². The van der Waals surface area contributed by atoms with Gasteiger partial charge in [-0.05, 0) is 58.9 Å². The molecule has 2 unspecified atom stereocenters. The molecule has 0 bridgehead atoms. The highest BCUT2D eigenvalue weighted by Gasteiger charge is 2.51. The number of rotatable bonds is 3. The average molecular weight is 411 g/mol. The van der Waals surface area contributed by atoms with Crippen molar-refractivity contribution in [2.75, 3.05) is 6.61 Å².